The number of H-pyrrole nitrogens is 1. The van der Waals surface area contributed by atoms with E-state index < -0.39 is 14.9 Å². The highest BCUT2D eigenvalue weighted by atomic mass is 79.9. The Hall–Kier alpha value is -1.78. The Morgan fingerprint density at radius 1 is 1.48 bits per heavy atom. The molecule has 0 saturated heterocycles. The number of pyridine rings is 1. The van der Waals surface area contributed by atoms with E-state index in [1.807, 2.05) is 0 Å². The highest BCUT2D eigenvalue weighted by Gasteiger charge is 2.29. The first-order valence-corrected chi connectivity index (χ1v) is 9.38. The third-order valence-corrected chi connectivity index (χ3v) is 5.69. The predicted octanol–water partition coefficient (Wildman–Crippen LogP) is 2.28. The minimum atomic E-state index is -3.26. The van der Waals surface area contributed by atoms with Gasteiger partial charge in [0.2, 0.25) is 10.0 Å². The number of aromatic nitrogens is 2. The lowest BCUT2D eigenvalue weighted by atomic mass is 10.0. The third-order valence-electron chi connectivity index (χ3n) is 3.76. The molecule has 10 heteroatoms. The van der Waals surface area contributed by atoms with Gasteiger partial charge in [0.1, 0.15) is 16.7 Å². The van der Waals surface area contributed by atoms with E-state index in [0.29, 0.717) is 34.2 Å². The molecule has 2 aromatic heterocycles. The number of nitrogens with zero attached hydrogens (tertiary/aromatic N) is 3. The molecule has 0 saturated carbocycles. The Morgan fingerprint density at radius 3 is 2.78 bits per heavy atom. The molecule has 3 rings (SSSR count). The number of sulfonamides is 1. The fourth-order valence-corrected chi connectivity index (χ4v) is 3.92. The molecule has 0 radical (unpaired) electrons. The van der Waals surface area contributed by atoms with Crippen molar-refractivity contribution in [2.75, 3.05) is 19.3 Å². The molecule has 23 heavy (non-hydrogen) atoms. The first-order valence-electron chi connectivity index (χ1n) is 6.74. The van der Waals surface area contributed by atoms with Crippen molar-refractivity contribution in [3.63, 3.8) is 0 Å². The van der Waals surface area contributed by atoms with Gasteiger partial charge in [-0.2, -0.15) is 4.31 Å². The van der Waals surface area contributed by atoms with Crippen molar-refractivity contribution in [1.29, 1.82) is 0 Å². The normalized spacial score (nSPS) is 16.5. The van der Waals surface area contributed by atoms with Gasteiger partial charge in [-0.25, -0.2) is 13.4 Å². The summed E-state index contributed by atoms with van der Waals surface area (Å²) in [4.78, 5) is 18.2. The molecule has 0 atom stereocenters. The highest BCUT2D eigenvalue weighted by molar-refractivity contribution is 9.10. The van der Waals surface area contributed by atoms with Crippen LogP contribution in [0.3, 0.4) is 0 Å². The van der Waals surface area contributed by atoms with Gasteiger partial charge in [-0.15, -0.1) is 0 Å². The zero-order valence-electron chi connectivity index (χ0n) is 12.1. The Morgan fingerprint density at radius 2 is 2.22 bits per heavy atom. The van der Waals surface area contributed by atoms with E-state index in [9.17, 15) is 18.5 Å². The van der Waals surface area contributed by atoms with Crippen LogP contribution in [0.1, 0.15) is 12.1 Å². The lowest BCUT2D eigenvalue weighted by molar-refractivity contribution is -0.383. The minimum absolute atomic E-state index is 0.0426. The molecule has 1 aliphatic heterocycles. The quantitative estimate of drug-likeness (QED) is 0.627. The van der Waals surface area contributed by atoms with Gasteiger partial charge >= 0.3 is 5.69 Å². The van der Waals surface area contributed by atoms with E-state index in [4.69, 9.17) is 0 Å². The first-order chi connectivity index (χ1) is 10.8. The molecule has 0 amide bonds. The lowest BCUT2D eigenvalue weighted by Crippen LogP contribution is -2.33. The van der Waals surface area contributed by atoms with Crippen molar-refractivity contribution in [3.05, 3.63) is 38.6 Å². The van der Waals surface area contributed by atoms with Gasteiger partial charge in [0.15, 0.2) is 0 Å². The first kappa shape index (κ1) is 16.1. The van der Waals surface area contributed by atoms with Crippen LogP contribution in [-0.2, 0) is 10.0 Å². The summed E-state index contributed by atoms with van der Waals surface area (Å²) in [6.07, 6.45) is 4.81. The van der Waals surface area contributed by atoms with Gasteiger partial charge in [-0.1, -0.05) is 6.08 Å². The van der Waals surface area contributed by atoms with Crippen LogP contribution in [0.25, 0.3) is 16.6 Å². The van der Waals surface area contributed by atoms with Gasteiger partial charge < -0.3 is 4.98 Å². The van der Waals surface area contributed by atoms with E-state index in [0.717, 1.165) is 11.8 Å². The Kier molecular flexibility index (Phi) is 3.98. The predicted molar refractivity (Wildman–Crippen MR) is 89.5 cm³/mol. The summed E-state index contributed by atoms with van der Waals surface area (Å²) in [5.41, 5.74) is 1.49. The van der Waals surface area contributed by atoms with E-state index >= 15 is 0 Å². The number of halogens is 1. The fraction of sp³-hybridized carbons (Fsp3) is 0.308. The molecule has 8 nitrogen and oxygen atoms in total. The number of hydrogen-bond acceptors (Lipinski definition) is 5. The number of fused-ring (bicyclic) bond motifs is 1. The van der Waals surface area contributed by atoms with Crippen molar-refractivity contribution in [1.82, 2.24) is 14.3 Å². The topological polar surface area (TPSA) is 109 Å². The second kappa shape index (κ2) is 5.69. The van der Waals surface area contributed by atoms with Crippen LogP contribution in [0.4, 0.5) is 5.69 Å². The van der Waals surface area contributed by atoms with Crippen LogP contribution in [-0.4, -0.2) is 47.0 Å². The molecule has 0 fully saturated rings. The molecule has 122 valence electrons. The van der Waals surface area contributed by atoms with Crippen LogP contribution in [0.5, 0.6) is 0 Å². The molecular formula is C13H13BrN4O4S. The molecule has 1 N–H and O–H groups in total. The van der Waals surface area contributed by atoms with Crippen molar-refractivity contribution < 1.29 is 13.3 Å². The third kappa shape index (κ3) is 2.89. The number of aromatic amines is 1. The Bertz CT molecular complexity index is 935. The zero-order valence-corrected chi connectivity index (χ0v) is 14.5. The standard InChI is InChI=1S/C13H13BrN4O4S/c1-23(21,22)17-6-3-8(4-7-17)11-12(18(19)20)10-9(14)2-5-15-13(10)16-11/h2-3,5H,4,6-7H2,1H3,(H,15,16). The van der Waals surface area contributed by atoms with Gasteiger partial charge in [-0.05, 0) is 34.0 Å². The number of nitro groups is 1. The van der Waals surface area contributed by atoms with Crippen LogP contribution in [0.2, 0.25) is 0 Å². The molecular weight excluding hydrogens is 388 g/mol. The maximum Gasteiger partial charge on any atom is 0.305 e. The van der Waals surface area contributed by atoms with Crippen molar-refractivity contribution in [2.45, 2.75) is 6.42 Å². The summed E-state index contributed by atoms with van der Waals surface area (Å²) in [5, 5.41) is 11.9. The number of nitrogens with one attached hydrogen (secondary N) is 1. The summed E-state index contributed by atoms with van der Waals surface area (Å²) in [6.45, 7) is 0.501. The smallest absolute Gasteiger partial charge is 0.305 e. The highest BCUT2D eigenvalue weighted by Crippen LogP contribution is 2.38. The fourth-order valence-electron chi connectivity index (χ4n) is 2.65. The van der Waals surface area contributed by atoms with Crippen molar-refractivity contribution in [2.24, 2.45) is 0 Å². The maximum atomic E-state index is 11.6. The van der Waals surface area contributed by atoms with Gasteiger partial charge in [-0.3, -0.25) is 10.1 Å². The van der Waals surface area contributed by atoms with Crippen LogP contribution in [0, 0.1) is 10.1 Å². The summed E-state index contributed by atoms with van der Waals surface area (Å²) < 4.78 is 25.0. The van der Waals surface area contributed by atoms with Crippen molar-refractivity contribution in [3.8, 4) is 0 Å². The lowest BCUT2D eigenvalue weighted by Gasteiger charge is -2.23. The second-order valence-corrected chi connectivity index (χ2v) is 8.06. The molecule has 0 spiro atoms. The number of hydrogen-bond donors (Lipinski definition) is 1. The molecule has 0 aliphatic carbocycles. The SMILES string of the molecule is CS(=O)(=O)N1CC=C(c2[nH]c3nccc(Br)c3c2[N+](=O)[O-])CC1. The van der Waals surface area contributed by atoms with Gasteiger partial charge in [0.25, 0.3) is 0 Å². The van der Waals surface area contributed by atoms with Crippen LogP contribution < -0.4 is 0 Å². The van der Waals surface area contributed by atoms with E-state index in [1.54, 1.807) is 18.3 Å². The summed E-state index contributed by atoms with van der Waals surface area (Å²) >= 11 is 3.32. The summed E-state index contributed by atoms with van der Waals surface area (Å²) in [5.74, 6) is 0. The Balaban J connectivity index is 2.11. The summed E-state index contributed by atoms with van der Waals surface area (Å²) in [7, 11) is -3.26. The second-order valence-electron chi connectivity index (χ2n) is 5.22. The average Bonchev–Trinajstić information content (AvgIpc) is 2.87. The molecule has 0 unspecified atom stereocenters. The molecule has 2 aromatic rings. The van der Waals surface area contributed by atoms with Crippen LogP contribution >= 0.6 is 15.9 Å². The van der Waals surface area contributed by atoms with Crippen LogP contribution in [0.15, 0.2) is 22.8 Å². The maximum absolute atomic E-state index is 11.6. The zero-order chi connectivity index (χ0) is 16.8. The average molecular weight is 401 g/mol. The number of rotatable bonds is 3. The monoisotopic (exact) mass is 400 g/mol. The van der Waals surface area contributed by atoms with Gasteiger partial charge in [0, 0.05) is 23.8 Å². The van der Waals surface area contributed by atoms with Crippen molar-refractivity contribution >= 4 is 48.2 Å². The molecule has 3 heterocycles. The largest absolute Gasteiger partial charge is 0.334 e. The molecule has 0 bridgehead atoms. The van der Waals surface area contributed by atoms with E-state index in [-0.39, 0.29) is 12.2 Å². The van der Waals surface area contributed by atoms with Gasteiger partial charge in [0.05, 0.1) is 11.2 Å². The molecule has 0 aromatic carbocycles. The van der Waals surface area contributed by atoms with E-state index in [1.165, 1.54) is 4.31 Å². The summed E-state index contributed by atoms with van der Waals surface area (Å²) in [6, 6.07) is 1.65. The van der Waals surface area contributed by atoms with E-state index in [2.05, 4.69) is 25.9 Å². The molecule has 1 aliphatic rings. The Labute approximate surface area is 140 Å². The minimum Gasteiger partial charge on any atom is -0.334 e.